The van der Waals surface area contributed by atoms with Gasteiger partial charge in [0.1, 0.15) is 12.4 Å². The number of benzene rings is 3. The summed E-state index contributed by atoms with van der Waals surface area (Å²) in [5.74, 6) is 0.211. The molecule has 0 saturated carbocycles. The minimum absolute atomic E-state index is 0.0726. The first-order valence-electron chi connectivity index (χ1n) is 11.7. The van der Waals surface area contributed by atoms with Crippen molar-refractivity contribution >= 4 is 35.0 Å². The van der Waals surface area contributed by atoms with E-state index in [1.165, 1.54) is 0 Å². The summed E-state index contributed by atoms with van der Waals surface area (Å²) in [6.45, 7) is 1.28. The Morgan fingerprint density at radius 1 is 0.914 bits per heavy atom. The monoisotopic (exact) mass is 510 g/mol. The van der Waals surface area contributed by atoms with E-state index >= 15 is 0 Å². The van der Waals surface area contributed by atoms with Crippen molar-refractivity contribution in [1.82, 2.24) is 9.80 Å². The summed E-state index contributed by atoms with van der Waals surface area (Å²) >= 11 is 12.9. The highest BCUT2D eigenvalue weighted by Crippen LogP contribution is 2.28. The fourth-order valence-electron chi connectivity index (χ4n) is 4.33. The third-order valence-corrected chi connectivity index (χ3v) is 6.86. The molecule has 0 spiro atoms. The van der Waals surface area contributed by atoms with Crippen LogP contribution < -0.4 is 4.74 Å². The lowest BCUT2D eigenvalue weighted by atomic mass is 10.0. The maximum atomic E-state index is 13.9. The van der Waals surface area contributed by atoms with Gasteiger partial charge in [-0.1, -0.05) is 71.7 Å². The number of amides is 2. The van der Waals surface area contributed by atoms with Crippen LogP contribution in [0.4, 0.5) is 0 Å². The van der Waals surface area contributed by atoms with Crippen LogP contribution >= 0.6 is 23.2 Å². The Morgan fingerprint density at radius 3 is 2.31 bits per heavy atom. The first-order valence-corrected chi connectivity index (χ1v) is 12.5. The highest BCUT2D eigenvalue weighted by molar-refractivity contribution is 6.39. The zero-order valence-corrected chi connectivity index (χ0v) is 21.1. The highest BCUT2D eigenvalue weighted by Gasteiger charge is 2.29. The van der Waals surface area contributed by atoms with Gasteiger partial charge >= 0.3 is 0 Å². The Kier molecular flexibility index (Phi) is 8.32. The molecule has 1 aliphatic heterocycles. The number of ether oxygens (including phenoxy) is 1. The third kappa shape index (κ3) is 5.98. The minimum Gasteiger partial charge on any atom is -0.491 e. The van der Waals surface area contributed by atoms with Gasteiger partial charge in [0.15, 0.2) is 0 Å². The first-order chi connectivity index (χ1) is 17.0. The molecule has 1 atom stereocenters. The van der Waals surface area contributed by atoms with E-state index in [1.807, 2.05) is 47.4 Å². The van der Waals surface area contributed by atoms with E-state index in [2.05, 4.69) is 0 Å². The standard InChI is InChI=1S/C28H28Cl2N2O3/c1-31-16-7-8-17-32(28(34)26-23(29)13-9-14-24(26)30)21(18-20-10-3-2-4-11-20)19-35-25-15-6-5-12-22(25)27(31)33/h2-6,9-15,21H,7-8,16-19H2,1H3/t21-/m1/s1. The van der Waals surface area contributed by atoms with Crippen molar-refractivity contribution < 1.29 is 14.3 Å². The fraction of sp³-hybridized carbons (Fsp3) is 0.286. The predicted molar refractivity (Wildman–Crippen MR) is 140 cm³/mol. The van der Waals surface area contributed by atoms with Gasteiger partial charge in [-0.05, 0) is 49.1 Å². The van der Waals surface area contributed by atoms with Crippen molar-refractivity contribution in [3.63, 3.8) is 0 Å². The van der Waals surface area contributed by atoms with Gasteiger partial charge in [0.2, 0.25) is 0 Å². The number of halogens is 2. The van der Waals surface area contributed by atoms with E-state index in [1.54, 1.807) is 42.3 Å². The predicted octanol–water partition coefficient (Wildman–Crippen LogP) is 5.99. The lowest BCUT2D eigenvalue weighted by molar-refractivity contribution is 0.0591. The number of fused-ring (bicyclic) bond motifs is 1. The van der Waals surface area contributed by atoms with Crippen molar-refractivity contribution in [2.24, 2.45) is 0 Å². The molecule has 0 aliphatic carbocycles. The maximum absolute atomic E-state index is 13.9. The number of rotatable bonds is 3. The van der Waals surface area contributed by atoms with Crippen LogP contribution in [0.1, 0.15) is 39.1 Å². The zero-order chi connectivity index (χ0) is 24.8. The van der Waals surface area contributed by atoms with E-state index in [0.717, 1.165) is 18.4 Å². The maximum Gasteiger partial charge on any atom is 0.257 e. The molecular weight excluding hydrogens is 483 g/mol. The molecule has 0 N–H and O–H groups in total. The second-order valence-electron chi connectivity index (χ2n) is 8.68. The number of nitrogens with zero attached hydrogens (tertiary/aromatic N) is 2. The molecule has 3 aromatic carbocycles. The molecule has 4 rings (SSSR count). The van der Waals surface area contributed by atoms with Crippen molar-refractivity contribution in [3.05, 3.63) is 99.5 Å². The van der Waals surface area contributed by atoms with Gasteiger partial charge in [-0.15, -0.1) is 0 Å². The summed E-state index contributed by atoms with van der Waals surface area (Å²) in [6, 6.07) is 22.0. The molecule has 182 valence electrons. The summed E-state index contributed by atoms with van der Waals surface area (Å²) in [6.07, 6.45) is 2.06. The summed E-state index contributed by atoms with van der Waals surface area (Å²) in [5, 5.41) is 0.646. The van der Waals surface area contributed by atoms with Crippen LogP contribution in [0.5, 0.6) is 5.75 Å². The summed E-state index contributed by atoms with van der Waals surface area (Å²) in [4.78, 5) is 30.4. The van der Waals surface area contributed by atoms with Crippen molar-refractivity contribution in [2.45, 2.75) is 25.3 Å². The fourth-order valence-corrected chi connectivity index (χ4v) is 4.89. The molecule has 7 heteroatoms. The zero-order valence-electron chi connectivity index (χ0n) is 19.6. The average Bonchev–Trinajstić information content (AvgIpc) is 2.86. The Bertz CT molecular complexity index is 1170. The number of carbonyl (C=O) groups is 2. The second-order valence-corrected chi connectivity index (χ2v) is 9.49. The van der Waals surface area contributed by atoms with Crippen LogP contribution in [0.25, 0.3) is 0 Å². The van der Waals surface area contributed by atoms with E-state index in [9.17, 15) is 9.59 Å². The molecule has 0 bridgehead atoms. The van der Waals surface area contributed by atoms with E-state index in [4.69, 9.17) is 27.9 Å². The lowest BCUT2D eigenvalue weighted by Gasteiger charge is -2.33. The smallest absolute Gasteiger partial charge is 0.257 e. The molecule has 5 nitrogen and oxygen atoms in total. The molecular formula is C28H28Cl2N2O3. The molecule has 0 aromatic heterocycles. The quantitative estimate of drug-likeness (QED) is 0.434. The SMILES string of the molecule is CN1CCCCN(C(=O)c2c(Cl)cccc2Cl)[C@H](Cc2ccccc2)COc2ccccc2C1=O. The van der Waals surface area contributed by atoms with Gasteiger partial charge in [0, 0.05) is 20.1 Å². The number of hydrogen-bond acceptors (Lipinski definition) is 3. The number of para-hydroxylation sites is 1. The van der Waals surface area contributed by atoms with Crippen LogP contribution in [0.3, 0.4) is 0 Å². The molecule has 0 fully saturated rings. The van der Waals surface area contributed by atoms with Crippen molar-refractivity contribution in [2.75, 3.05) is 26.7 Å². The average molecular weight is 511 g/mol. The van der Waals surface area contributed by atoms with Gasteiger partial charge in [0.25, 0.3) is 11.8 Å². The van der Waals surface area contributed by atoms with Crippen molar-refractivity contribution in [1.29, 1.82) is 0 Å². The molecule has 35 heavy (non-hydrogen) atoms. The van der Waals surface area contributed by atoms with E-state index < -0.39 is 0 Å². The van der Waals surface area contributed by atoms with E-state index in [-0.39, 0.29) is 24.5 Å². The van der Waals surface area contributed by atoms with Crippen LogP contribution in [0, 0.1) is 0 Å². The van der Waals surface area contributed by atoms with Gasteiger partial charge < -0.3 is 14.5 Å². The molecule has 0 saturated heterocycles. The number of hydrogen-bond donors (Lipinski definition) is 0. The van der Waals surface area contributed by atoms with Crippen LogP contribution in [0.2, 0.25) is 10.0 Å². The normalized spacial score (nSPS) is 17.1. The summed E-state index contributed by atoms with van der Waals surface area (Å²) in [7, 11) is 1.79. The largest absolute Gasteiger partial charge is 0.491 e. The molecule has 0 radical (unpaired) electrons. The molecule has 1 aliphatic rings. The summed E-state index contributed by atoms with van der Waals surface area (Å²) < 4.78 is 6.23. The Hall–Kier alpha value is -3.02. The van der Waals surface area contributed by atoms with Gasteiger partial charge in [0.05, 0.1) is 27.2 Å². The molecule has 3 aromatic rings. The third-order valence-electron chi connectivity index (χ3n) is 6.23. The first kappa shape index (κ1) is 25.1. The van der Waals surface area contributed by atoms with Gasteiger partial charge in [-0.2, -0.15) is 0 Å². The lowest BCUT2D eigenvalue weighted by Crippen LogP contribution is -2.46. The van der Waals surface area contributed by atoms with E-state index in [0.29, 0.717) is 46.4 Å². The highest BCUT2D eigenvalue weighted by atomic mass is 35.5. The Labute approximate surface area is 216 Å². The van der Waals surface area contributed by atoms with Crippen LogP contribution in [0.15, 0.2) is 72.8 Å². The van der Waals surface area contributed by atoms with Gasteiger partial charge in [-0.3, -0.25) is 9.59 Å². The molecule has 2 amide bonds. The summed E-state index contributed by atoms with van der Waals surface area (Å²) in [5.41, 5.74) is 1.90. The Balaban J connectivity index is 1.73. The van der Waals surface area contributed by atoms with Crippen LogP contribution in [-0.2, 0) is 6.42 Å². The van der Waals surface area contributed by atoms with Crippen LogP contribution in [-0.4, -0.2) is 54.4 Å². The molecule has 0 unspecified atom stereocenters. The Morgan fingerprint density at radius 2 is 1.57 bits per heavy atom. The van der Waals surface area contributed by atoms with Gasteiger partial charge in [-0.25, -0.2) is 0 Å². The second kappa shape index (κ2) is 11.6. The molecule has 1 heterocycles. The van der Waals surface area contributed by atoms with Crippen molar-refractivity contribution in [3.8, 4) is 5.75 Å². The topological polar surface area (TPSA) is 49.9 Å². The number of carbonyl (C=O) groups excluding carboxylic acids is 2. The minimum atomic E-state index is -0.294.